The number of allylic oxidation sites excluding steroid dienone is 2. The van der Waals surface area contributed by atoms with Gasteiger partial charge in [-0.25, -0.2) is 0 Å². The second kappa shape index (κ2) is 5.18. The fourth-order valence-corrected chi connectivity index (χ4v) is 1.67. The van der Waals surface area contributed by atoms with Crippen LogP contribution >= 0.6 is 0 Å². The van der Waals surface area contributed by atoms with Gasteiger partial charge in [-0.15, -0.1) is 0 Å². The molecule has 64 valence electrons. The van der Waals surface area contributed by atoms with Crippen molar-refractivity contribution in [3.8, 4) is 0 Å². The molecule has 1 rings (SSSR count). The summed E-state index contributed by atoms with van der Waals surface area (Å²) in [4.78, 5) is 11.0. The molecule has 0 radical (unpaired) electrons. The summed E-state index contributed by atoms with van der Waals surface area (Å²) < 4.78 is 0. The van der Waals surface area contributed by atoms with E-state index in [4.69, 9.17) is 0 Å². The smallest absolute Gasteiger partial charge is 0.870 e. The molecule has 12 heavy (non-hydrogen) atoms. The first-order valence-electron chi connectivity index (χ1n) is 3.70. The third-order valence-electron chi connectivity index (χ3n) is 1.82. The Labute approximate surface area is 96.0 Å². The van der Waals surface area contributed by atoms with Gasteiger partial charge in [0, 0.05) is 6.42 Å². The van der Waals surface area contributed by atoms with Gasteiger partial charge in [-0.05, 0) is 24.8 Å². The van der Waals surface area contributed by atoms with E-state index in [1.54, 1.807) is 6.08 Å². The summed E-state index contributed by atoms with van der Waals surface area (Å²) in [6, 6.07) is 0. The van der Waals surface area contributed by atoms with Gasteiger partial charge < -0.3 is 5.48 Å². The third-order valence-corrected chi connectivity index (χ3v) is 1.82. The Morgan fingerprint density at radius 1 is 1.33 bits per heavy atom. The van der Waals surface area contributed by atoms with Gasteiger partial charge in [0.1, 0.15) is 0 Å². The van der Waals surface area contributed by atoms with Crippen LogP contribution in [-0.4, -0.2) is 11.3 Å². The van der Waals surface area contributed by atoms with E-state index >= 15 is 0 Å². The Bertz CT molecular complexity index is 195. The molecule has 0 atom stereocenters. The minimum absolute atomic E-state index is 0. The van der Waals surface area contributed by atoms with Crippen LogP contribution in [0.15, 0.2) is 11.6 Å². The van der Waals surface area contributed by atoms with E-state index in [1.165, 1.54) is 5.57 Å². The molecule has 0 aromatic carbocycles. The number of carbonyl (C=O) groups excluding carboxylic acids is 1. The van der Waals surface area contributed by atoms with Crippen LogP contribution in [0.4, 0.5) is 0 Å². The van der Waals surface area contributed by atoms with Gasteiger partial charge >= 0.3 is 29.6 Å². The zero-order valence-corrected chi connectivity index (χ0v) is 10.3. The molecule has 3 heteroatoms. The van der Waals surface area contributed by atoms with Crippen LogP contribution in [0.25, 0.3) is 0 Å². The molecule has 0 spiro atoms. The van der Waals surface area contributed by atoms with E-state index in [1.807, 2.05) is 6.92 Å². The fourth-order valence-electron chi connectivity index (χ4n) is 1.67. The number of carbonyl (C=O) groups is 1. The van der Waals surface area contributed by atoms with Gasteiger partial charge in [-0.1, -0.05) is 19.4 Å². The molecule has 0 bridgehead atoms. The summed E-state index contributed by atoms with van der Waals surface area (Å²) in [7, 11) is 0. The van der Waals surface area contributed by atoms with E-state index < -0.39 is 0 Å². The van der Waals surface area contributed by atoms with E-state index in [2.05, 4.69) is 13.8 Å². The molecular weight excluding hydrogens is 163 g/mol. The average Bonchev–Trinajstić information content (AvgIpc) is 1.54. The summed E-state index contributed by atoms with van der Waals surface area (Å²) in [5.74, 6) is 0.286. The summed E-state index contributed by atoms with van der Waals surface area (Å²) in [6.07, 6.45) is 3.55. The summed E-state index contributed by atoms with van der Waals surface area (Å²) in [6.45, 7) is 6.31. The van der Waals surface area contributed by atoms with Gasteiger partial charge in [0.05, 0.1) is 0 Å². The molecule has 2 nitrogen and oxygen atoms in total. The Morgan fingerprint density at radius 3 is 2.17 bits per heavy atom. The molecule has 1 aliphatic carbocycles. The maximum absolute atomic E-state index is 11.0. The van der Waals surface area contributed by atoms with Crippen LogP contribution < -0.4 is 29.6 Å². The van der Waals surface area contributed by atoms with Gasteiger partial charge in [0.15, 0.2) is 5.78 Å². The van der Waals surface area contributed by atoms with Gasteiger partial charge in [0.25, 0.3) is 0 Å². The second-order valence-corrected chi connectivity index (χ2v) is 3.97. The minimum Gasteiger partial charge on any atom is -0.870 e. The van der Waals surface area contributed by atoms with Crippen LogP contribution in [-0.2, 0) is 4.79 Å². The van der Waals surface area contributed by atoms with Crippen molar-refractivity contribution in [1.29, 1.82) is 0 Å². The maximum Gasteiger partial charge on any atom is 1.00 e. The van der Waals surface area contributed by atoms with Crippen LogP contribution in [0.5, 0.6) is 0 Å². The number of ketones is 1. The predicted molar refractivity (Wildman–Crippen MR) is 43.7 cm³/mol. The molecule has 0 amide bonds. The largest absolute Gasteiger partial charge is 1.00 e. The van der Waals surface area contributed by atoms with Gasteiger partial charge in [0.2, 0.25) is 0 Å². The van der Waals surface area contributed by atoms with Crippen molar-refractivity contribution in [2.45, 2.75) is 33.6 Å². The van der Waals surface area contributed by atoms with Crippen molar-refractivity contribution < 1.29 is 39.8 Å². The molecule has 0 heterocycles. The summed E-state index contributed by atoms with van der Waals surface area (Å²) in [5.41, 5.74) is 1.43. The van der Waals surface area contributed by atoms with Crippen LogP contribution in [0, 0.1) is 5.41 Å². The van der Waals surface area contributed by atoms with Crippen molar-refractivity contribution in [3.63, 3.8) is 0 Å². The number of hydrogen-bond donors (Lipinski definition) is 0. The Kier molecular flexibility index (Phi) is 6.41. The Morgan fingerprint density at radius 2 is 1.83 bits per heavy atom. The normalized spacial score (nSPS) is 20.2. The van der Waals surface area contributed by atoms with Gasteiger partial charge in [-0.2, -0.15) is 0 Å². The Balaban J connectivity index is 0. The number of hydrogen-bond acceptors (Lipinski definition) is 2. The topological polar surface area (TPSA) is 47.1 Å². The molecule has 0 saturated carbocycles. The fraction of sp³-hybridized carbons (Fsp3) is 0.667. The monoisotopic (exact) mass is 178 g/mol. The first-order chi connectivity index (χ1) is 4.49. The van der Waals surface area contributed by atoms with Crippen molar-refractivity contribution in [3.05, 3.63) is 11.6 Å². The zero-order valence-electron chi connectivity index (χ0n) is 8.35. The molecule has 0 saturated heterocycles. The third kappa shape index (κ3) is 4.41. The summed E-state index contributed by atoms with van der Waals surface area (Å²) in [5, 5.41) is 0. The molecule has 0 aromatic rings. The predicted octanol–water partition coefficient (Wildman–Crippen LogP) is -0.851. The average molecular weight is 178 g/mol. The van der Waals surface area contributed by atoms with Gasteiger partial charge in [-0.3, -0.25) is 4.79 Å². The first kappa shape index (κ1) is 14.9. The molecule has 0 unspecified atom stereocenters. The summed E-state index contributed by atoms with van der Waals surface area (Å²) >= 11 is 0. The molecule has 0 aliphatic heterocycles. The molecular formula is C9H15NaO2. The molecule has 0 fully saturated rings. The Hall–Kier alpha value is 0.370. The van der Waals surface area contributed by atoms with Crippen molar-refractivity contribution in [2.24, 2.45) is 5.41 Å². The van der Waals surface area contributed by atoms with Crippen molar-refractivity contribution in [1.82, 2.24) is 0 Å². The van der Waals surface area contributed by atoms with E-state index in [0.717, 1.165) is 6.42 Å². The first-order valence-corrected chi connectivity index (χ1v) is 3.70. The van der Waals surface area contributed by atoms with Crippen molar-refractivity contribution in [2.75, 3.05) is 0 Å². The van der Waals surface area contributed by atoms with Crippen LogP contribution in [0.2, 0.25) is 0 Å². The molecule has 1 N–H and O–H groups in total. The van der Waals surface area contributed by atoms with Crippen molar-refractivity contribution >= 4 is 5.78 Å². The second-order valence-electron chi connectivity index (χ2n) is 3.97. The van der Waals surface area contributed by atoms with Crippen LogP contribution in [0.3, 0.4) is 0 Å². The molecule has 0 aromatic heterocycles. The number of rotatable bonds is 0. The zero-order chi connectivity index (χ0) is 7.78. The quantitative estimate of drug-likeness (QED) is 0.453. The van der Waals surface area contributed by atoms with Crippen LogP contribution in [0.1, 0.15) is 33.6 Å². The standard InChI is InChI=1S/C9H14O.Na.H2O/c1-7-4-8(10)6-9(2,3)5-7;;/h4H,5-6H2,1-3H3;;1H2/q;+1;/p-1. The molecule has 1 aliphatic rings. The van der Waals surface area contributed by atoms with E-state index in [9.17, 15) is 4.79 Å². The van der Waals surface area contributed by atoms with E-state index in [0.29, 0.717) is 6.42 Å². The SMILES string of the molecule is CC1=CC(=O)CC(C)(C)C1.[Na+].[OH-]. The minimum atomic E-state index is 0. The van der Waals surface area contributed by atoms with E-state index in [-0.39, 0.29) is 46.2 Å². The maximum atomic E-state index is 11.0.